The van der Waals surface area contributed by atoms with Gasteiger partial charge >= 0.3 is 0 Å². The van der Waals surface area contributed by atoms with Crippen LogP contribution in [-0.4, -0.2) is 45.4 Å². The number of benzene rings is 2. The zero-order valence-electron chi connectivity index (χ0n) is 18.2. The third kappa shape index (κ3) is 3.77. The molecule has 1 aromatic heterocycles. The van der Waals surface area contributed by atoms with E-state index >= 15 is 0 Å². The summed E-state index contributed by atoms with van der Waals surface area (Å²) >= 11 is 6.36. The van der Waals surface area contributed by atoms with Gasteiger partial charge in [0, 0.05) is 31.5 Å². The number of anilines is 1. The van der Waals surface area contributed by atoms with Crippen LogP contribution in [0.5, 0.6) is 0 Å². The molecule has 2 aliphatic heterocycles. The lowest BCUT2D eigenvalue weighted by molar-refractivity contribution is -0.135. The van der Waals surface area contributed by atoms with Crippen LogP contribution in [0.1, 0.15) is 44.3 Å². The number of fused-ring (bicyclic) bond motifs is 1. The maximum atomic E-state index is 13.3. The minimum Gasteiger partial charge on any atom is -0.338 e. The molecule has 0 radical (unpaired) electrons. The summed E-state index contributed by atoms with van der Waals surface area (Å²) in [6.45, 7) is 3.68. The predicted molar refractivity (Wildman–Crippen MR) is 126 cm³/mol. The molecule has 0 bridgehead atoms. The summed E-state index contributed by atoms with van der Waals surface area (Å²) in [7, 11) is 0. The van der Waals surface area contributed by atoms with Gasteiger partial charge in [-0.1, -0.05) is 35.9 Å². The monoisotopic (exact) mass is 450 g/mol. The van der Waals surface area contributed by atoms with Gasteiger partial charge in [-0.25, -0.2) is 4.98 Å². The van der Waals surface area contributed by atoms with Crippen LogP contribution in [0.25, 0.3) is 11.0 Å². The Balaban J connectivity index is 1.47. The van der Waals surface area contributed by atoms with Crippen molar-refractivity contribution in [2.75, 3.05) is 18.0 Å². The highest BCUT2D eigenvalue weighted by Crippen LogP contribution is 2.36. The van der Waals surface area contributed by atoms with Gasteiger partial charge in [0.15, 0.2) is 0 Å². The zero-order valence-corrected chi connectivity index (χ0v) is 19.0. The number of nitrogens with zero attached hydrogens (tertiary/aromatic N) is 4. The fourth-order valence-corrected chi connectivity index (χ4v) is 5.29. The maximum Gasteiger partial charge on any atom is 0.242 e. The first-order valence-corrected chi connectivity index (χ1v) is 11.7. The molecular weight excluding hydrogens is 424 g/mol. The molecule has 0 N–H and O–H groups in total. The second-order valence-corrected chi connectivity index (χ2v) is 9.24. The number of piperidine rings is 1. The first-order chi connectivity index (χ1) is 15.5. The number of likely N-dealkylation sites (tertiary alicyclic amines) is 1. The van der Waals surface area contributed by atoms with Gasteiger partial charge in [0.25, 0.3) is 0 Å². The SMILES string of the molecule is CC1CCCCN1C(=O)Cn1c(C2CC(=O)N(c3ccccc3Cl)C2)nc2ccccc21. The molecule has 2 aromatic carbocycles. The van der Waals surface area contributed by atoms with Crippen LogP contribution in [0.4, 0.5) is 5.69 Å². The number of imidazole rings is 1. The van der Waals surface area contributed by atoms with Crippen LogP contribution in [-0.2, 0) is 16.1 Å². The molecule has 166 valence electrons. The van der Waals surface area contributed by atoms with Crippen LogP contribution < -0.4 is 4.90 Å². The number of para-hydroxylation sites is 3. The Morgan fingerprint density at radius 3 is 2.72 bits per heavy atom. The van der Waals surface area contributed by atoms with Crippen molar-refractivity contribution in [2.24, 2.45) is 0 Å². The van der Waals surface area contributed by atoms with Crippen molar-refractivity contribution < 1.29 is 9.59 Å². The fourth-order valence-electron chi connectivity index (χ4n) is 5.05. The van der Waals surface area contributed by atoms with Crippen LogP contribution >= 0.6 is 11.6 Å². The number of aromatic nitrogens is 2. The quantitative estimate of drug-likeness (QED) is 0.583. The number of hydrogen-bond acceptors (Lipinski definition) is 3. The highest BCUT2D eigenvalue weighted by Gasteiger charge is 2.36. The van der Waals surface area contributed by atoms with E-state index in [2.05, 4.69) is 6.92 Å². The highest BCUT2D eigenvalue weighted by molar-refractivity contribution is 6.33. The zero-order chi connectivity index (χ0) is 22.2. The Morgan fingerprint density at radius 1 is 1.12 bits per heavy atom. The van der Waals surface area contributed by atoms with Gasteiger partial charge in [0.05, 0.1) is 21.7 Å². The minimum atomic E-state index is -0.0993. The van der Waals surface area contributed by atoms with Gasteiger partial charge in [0.2, 0.25) is 11.8 Å². The molecule has 0 aliphatic carbocycles. The molecule has 32 heavy (non-hydrogen) atoms. The molecule has 0 spiro atoms. The molecule has 2 fully saturated rings. The van der Waals surface area contributed by atoms with E-state index in [4.69, 9.17) is 16.6 Å². The lowest BCUT2D eigenvalue weighted by Gasteiger charge is -2.33. The molecule has 2 saturated heterocycles. The number of hydrogen-bond donors (Lipinski definition) is 0. The molecule has 6 nitrogen and oxygen atoms in total. The van der Waals surface area contributed by atoms with Crippen molar-refractivity contribution in [3.8, 4) is 0 Å². The van der Waals surface area contributed by atoms with Gasteiger partial charge in [0.1, 0.15) is 12.4 Å². The van der Waals surface area contributed by atoms with Crippen molar-refractivity contribution >= 4 is 40.1 Å². The van der Waals surface area contributed by atoms with Crippen molar-refractivity contribution in [2.45, 2.75) is 51.1 Å². The van der Waals surface area contributed by atoms with Crippen molar-refractivity contribution in [3.63, 3.8) is 0 Å². The molecule has 3 heterocycles. The van der Waals surface area contributed by atoms with Gasteiger partial charge in [-0.15, -0.1) is 0 Å². The number of carbonyl (C=O) groups is 2. The van der Waals surface area contributed by atoms with Gasteiger partial charge in [-0.05, 0) is 50.5 Å². The van der Waals surface area contributed by atoms with E-state index in [1.165, 1.54) is 6.42 Å². The molecule has 2 aliphatic rings. The average Bonchev–Trinajstić information content (AvgIpc) is 3.35. The molecular formula is C25H27ClN4O2. The Bertz CT molecular complexity index is 1170. The molecule has 7 heteroatoms. The van der Waals surface area contributed by atoms with Gasteiger partial charge in [-0.2, -0.15) is 0 Å². The maximum absolute atomic E-state index is 13.3. The molecule has 2 atom stereocenters. The Hall–Kier alpha value is -2.86. The fraction of sp³-hybridized carbons (Fsp3) is 0.400. The van der Waals surface area contributed by atoms with Crippen molar-refractivity contribution in [1.29, 1.82) is 0 Å². The molecule has 2 amide bonds. The van der Waals surface area contributed by atoms with E-state index in [0.29, 0.717) is 18.0 Å². The molecule has 0 saturated carbocycles. The lowest BCUT2D eigenvalue weighted by atomic mass is 10.0. The normalized spacial score (nSPS) is 21.5. The van der Waals surface area contributed by atoms with Crippen molar-refractivity contribution in [3.05, 3.63) is 59.4 Å². The number of amides is 2. The highest BCUT2D eigenvalue weighted by atomic mass is 35.5. The van der Waals surface area contributed by atoms with E-state index in [0.717, 1.165) is 41.9 Å². The summed E-state index contributed by atoms with van der Waals surface area (Å²) in [5, 5.41) is 0.560. The topological polar surface area (TPSA) is 58.4 Å². The smallest absolute Gasteiger partial charge is 0.242 e. The largest absolute Gasteiger partial charge is 0.338 e. The Labute approximate surface area is 192 Å². The third-order valence-corrected chi connectivity index (χ3v) is 7.05. The standard InChI is InChI=1S/C25H27ClN4O2/c1-17-8-6-7-13-28(17)24(32)16-30-22-12-5-3-10-20(22)27-25(30)18-14-23(31)29(15-18)21-11-4-2-9-19(21)26/h2-5,9-12,17-18H,6-8,13-16H2,1H3. The Kier molecular flexibility index (Phi) is 5.64. The molecule has 5 rings (SSSR count). The number of halogens is 1. The minimum absolute atomic E-state index is 0.0256. The van der Waals surface area contributed by atoms with Crippen LogP contribution in [0.15, 0.2) is 48.5 Å². The predicted octanol–water partition coefficient (Wildman–Crippen LogP) is 4.61. The van der Waals surface area contributed by atoms with Crippen LogP contribution in [0.2, 0.25) is 5.02 Å². The third-order valence-electron chi connectivity index (χ3n) is 6.73. The van der Waals surface area contributed by atoms with E-state index in [1.54, 1.807) is 11.0 Å². The first-order valence-electron chi connectivity index (χ1n) is 11.3. The summed E-state index contributed by atoms with van der Waals surface area (Å²) in [6.07, 6.45) is 3.62. The van der Waals surface area contributed by atoms with E-state index in [1.807, 2.05) is 51.9 Å². The van der Waals surface area contributed by atoms with E-state index in [9.17, 15) is 9.59 Å². The number of carbonyl (C=O) groups excluding carboxylic acids is 2. The summed E-state index contributed by atoms with van der Waals surface area (Å²) in [4.78, 5) is 34.8. The lowest BCUT2D eigenvalue weighted by Crippen LogP contribution is -2.43. The van der Waals surface area contributed by atoms with E-state index in [-0.39, 0.29) is 30.3 Å². The summed E-state index contributed by atoms with van der Waals surface area (Å²) in [6, 6.07) is 15.6. The second-order valence-electron chi connectivity index (χ2n) is 8.83. The Morgan fingerprint density at radius 2 is 1.91 bits per heavy atom. The molecule has 3 aromatic rings. The van der Waals surface area contributed by atoms with E-state index < -0.39 is 0 Å². The average molecular weight is 451 g/mol. The molecule has 2 unspecified atom stereocenters. The van der Waals surface area contributed by atoms with Gasteiger partial charge in [-0.3, -0.25) is 9.59 Å². The summed E-state index contributed by atoms with van der Waals surface area (Å²) in [5.41, 5.74) is 2.51. The summed E-state index contributed by atoms with van der Waals surface area (Å²) < 4.78 is 2.02. The summed E-state index contributed by atoms with van der Waals surface area (Å²) in [5.74, 6) is 0.844. The van der Waals surface area contributed by atoms with Gasteiger partial charge < -0.3 is 14.4 Å². The van der Waals surface area contributed by atoms with Crippen molar-refractivity contribution in [1.82, 2.24) is 14.5 Å². The van der Waals surface area contributed by atoms with Crippen LogP contribution in [0.3, 0.4) is 0 Å². The first kappa shape index (κ1) is 21.0. The van der Waals surface area contributed by atoms with Crippen LogP contribution in [0, 0.1) is 0 Å². The second kappa shape index (κ2) is 8.58. The number of rotatable bonds is 4.